The minimum Gasteiger partial charge on any atom is -0.456 e. The van der Waals surface area contributed by atoms with E-state index < -0.39 is 0 Å². The Labute approximate surface area is 229 Å². The van der Waals surface area contributed by atoms with Crippen molar-refractivity contribution in [3.8, 4) is 16.8 Å². The third kappa shape index (κ3) is 2.84. The molecule has 3 aromatic heterocycles. The molecule has 0 unspecified atom stereocenters. The molecule has 0 bridgehead atoms. The van der Waals surface area contributed by atoms with Crippen molar-refractivity contribution in [3.05, 3.63) is 127 Å². The highest BCUT2D eigenvalue weighted by molar-refractivity contribution is 6.24. The van der Waals surface area contributed by atoms with Crippen LogP contribution < -0.4 is 0 Å². The summed E-state index contributed by atoms with van der Waals surface area (Å²) >= 11 is 0. The molecule has 0 saturated heterocycles. The lowest BCUT2D eigenvalue weighted by atomic mass is 9.96. The molecule has 40 heavy (non-hydrogen) atoms. The quantitative estimate of drug-likeness (QED) is 0.230. The van der Waals surface area contributed by atoms with Crippen molar-refractivity contribution in [1.29, 1.82) is 0 Å². The number of aromatic nitrogens is 1. The van der Waals surface area contributed by atoms with Gasteiger partial charge in [0.25, 0.3) is 0 Å². The lowest BCUT2D eigenvalue weighted by Crippen LogP contribution is -1.99. The van der Waals surface area contributed by atoms with Gasteiger partial charge in [-0.3, -0.25) is 0 Å². The van der Waals surface area contributed by atoms with Crippen LogP contribution in [-0.2, 0) is 0 Å². The van der Waals surface area contributed by atoms with Crippen LogP contribution in [0, 0.1) is 6.92 Å². The SMILES string of the molecule is Cc1cccc(-n2c3ccccc3c3ccc4oc5ccccc5c4c32)c1-c1ccc2oc3ccccc3c2c1. The van der Waals surface area contributed by atoms with Gasteiger partial charge in [0, 0.05) is 32.5 Å². The molecule has 0 spiro atoms. The fourth-order valence-corrected chi connectivity index (χ4v) is 6.61. The van der Waals surface area contributed by atoms with E-state index in [4.69, 9.17) is 8.83 Å². The van der Waals surface area contributed by atoms with Crippen molar-refractivity contribution < 1.29 is 8.83 Å². The molecule has 188 valence electrons. The molecular formula is C37H23NO2. The van der Waals surface area contributed by atoms with Crippen molar-refractivity contribution >= 4 is 65.7 Å². The first kappa shape index (κ1) is 21.6. The van der Waals surface area contributed by atoms with Crippen molar-refractivity contribution in [3.63, 3.8) is 0 Å². The molecule has 9 aromatic rings. The van der Waals surface area contributed by atoms with Gasteiger partial charge in [0.1, 0.15) is 22.3 Å². The Balaban J connectivity index is 1.44. The second-order valence-electron chi connectivity index (χ2n) is 10.6. The van der Waals surface area contributed by atoms with Crippen LogP contribution in [0.5, 0.6) is 0 Å². The number of hydrogen-bond acceptors (Lipinski definition) is 2. The summed E-state index contributed by atoms with van der Waals surface area (Å²) in [5.74, 6) is 0. The van der Waals surface area contributed by atoms with Gasteiger partial charge in [0.05, 0.1) is 22.1 Å². The van der Waals surface area contributed by atoms with Crippen molar-refractivity contribution in [2.24, 2.45) is 0 Å². The third-order valence-corrected chi connectivity index (χ3v) is 8.33. The molecule has 3 nitrogen and oxygen atoms in total. The van der Waals surface area contributed by atoms with Gasteiger partial charge in [-0.25, -0.2) is 0 Å². The minimum absolute atomic E-state index is 0.901. The first-order valence-electron chi connectivity index (χ1n) is 13.6. The molecule has 0 atom stereocenters. The number of aryl methyl sites for hydroxylation is 1. The summed E-state index contributed by atoms with van der Waals surface area (Å²) in [6, 6.07) is 42.8. The highest BCUT2D eigenvalue weighted by atomic mass is 16.3. The van der Waals surface area contributed by atoms with Crippen LogP contribution in [0.15, 0.2) is 130 Å². The van der Waals surface area contributed by atoms with Crippen LogP contribution >= 0.6 is 0 Å². The normalized spacial score (nSPS) is 12.1. The highest BCUT2D eigenvalue weighted by Crippen LogP contribution is 2.43. The summed E-state index contributed by atoms with van der Waals surface area (Å²) in [5.41, 5.74) is 10.7. The Morgan fingerprint density at radius 2 is 1.18 bits per heavy atom. The second-order valence-corrected chi connectivity index (χ2v) is 10.6. The molecule has 0 aliphatic heterocycles. The topological polar surface area (TPSA) is 31.2 Å². The van der Waals surface area contributed by atoms with Gasteiger partial charge in [-0.1, -0.05) is 72.8 Å². The zero-order valence-electron chi connectivity index (χ0n) is 21.8. The van der Waals surface area contributed by atoms with Crippen molar-refractivity contribution in [2.45, 2.75) is 6.92 Å². The summed E-state index contributed by atoms with van der Waals surface area (Å²) in [4.78, 5) is 0. The summed E-state index contributed by atoms with van der Waals surface area (Å²) in [7, 11) is 0. The lowest BCUT2D eigenvalue weighted by Gasteiger charge is -2.17. The zero-order chi connectivity index (χ0) is 26.4. The Morgan fingerprint density at radius 3 is 2.05 bits per heavy atom. The number of rotatable bonds is 2. The predicted molar refractivity (Wildman–Crippen MR) is 166 cm³/mol. The van der Waals surface area contributed by atoms with E-state index in [1.165, 1.54) is 38.5 Å². The monoisotopic (exact) mass is 513 g/mol. The third-order valence-electron chi connectivity index (χ3n) is 8.33. The standard InChI is InChI=1S/C37H23NO2/c1-22-9-8-14-30(35(22)23-17-19-33-28(21-23)25-11-3-6-15-31(25)39-33)38-29-13-5-2-10-24(29)26-18-20-34-36(37(26)38)27-12-4-7-16-32(27)40-34/h2-21H,1H3. The van der Waals surface area contributed by atoms with Gasteiger partial charge >= 0.3 is 0 Å². The maximum absolute atomic E-state index is 6.34. The molecule has 0 aliphatic carbocycles. The van der Waals surface area contributed by atoms with E-state index in [9.17, 15) is 0 Å². The number of benzene rings is 6. The van der Waals surface area contributed by atoms with Crippen molar-refractivity contribution in [1.82, 2.24) is 4.57 Å². The van der Waals surface area contributed by atoms with Crippen LogP contribution in [-0.4, -0.2) is 4.57 Å². The number of para-hydroxylation sites is 3. The molecule has 3 heteroatoms. The van der Waals surface area contributed by atoms with Crippen LogP contribution in [0.25, 0.3) is 82.5 Å². The Morgan fingerprint density at radius 1 is 0.500 bits per heavy atom. The molecule has 9 rings (SSSR count). The number of fused-ring (bicyclic) bond motifs is 10. The highest BCUT2D eigenvalue weighted by Gasteiger charge is 2.21. The average Bonchev–Trinajstić information content (AvgIpc) is 3.66. The molecule has 0 amide bonds. The van der Waals surface area contributed by atoms with Gasteiger partial charge in [0.15, 0.2) is 0 Å². The first-order chi connectivity index (χ1) is 19.8. The van der Waals surface area contributed by atoms with Crippen LogP contribution in [0.2, 0.25) is 0 Å². The summed E-state index contributed by atoms with van der Waals surface area (Å²) in [6.45, 7) is 2.20. The first-order valence-corrected chi connectivity index (χ1v) is 13.6. The van der Waals surface area contributed by atoms with Crippen LogP contribution in [0.1, 0.15) is 5.56 Å². The molecule has 3 heterocycles. The second kappa shape index (κ2) is 7.87. The predicted octanol–water partition coefficient (Wildman–Crippen LogP) is 10.6. The van der Waals surface area contributed by atoms with Crippen LogP contribution in [0.4, 0.5) is 0 Å². The maximum atomic E-state index is 6.34. The Bertz CT molecular complexity index is 2450. The van der Waals surface area contributed by atoms with E-state index in [0.717, 1.165) is 49.6 Å². The van der Waals surface area contributed by atoms with Gasteiger partial charge < -0.3 is 13.4 Å². The van der Waals surface area contributed by atoms with E-state index in [0.29, 0.717) is 0 Å². The van der Waals surface area contributed by atoms with Gasteiger partial charge in [0.2, 0.25) is 0 Å². The molecule has 0 N–H and O–H groups in total. The van der Waals surface area contributed by atoms with E-state index in [2.05, 4.69) is 115 Å². The van der Waals surface area contributed by atoms with Gasteiger partial charge in [-0.2, -0.15) is 0 Å². The van der Waals surface area contributed by atoms with Gasteiger partial charge in [-0.05, 0) is 66.6 Å². The summed E-state index contributed by atoms with van der Waals surface area (Å²) < 4.78 is 14.9. The molecule has 0 aliphatic rings. The Hall–Kier alpha value is -5.28. The lowest BCUT2D eigenvalue weighted by molar-refractivity contribution is 0.668. The smallest absolute Gasteiger partial charge is 0.137 e. The van der Waals surface area contributed by atoms with Crippen LogP contribution in [0.3, 0.4) is 0 Å². The van der Waals surface area contributed by atoms with E-state index in [-0.39, 0.29) is 0 Å². The number of hydrogen-bond donors (Lipinski definition) is 0. The fraction of sp³-hybridized carbons (Fsp3) is 0.0270. The molecule has 0 radical (unpaired) electrons. The maximum Gasteiger partial charge on any atom is 0.137 e. The molecule has 0 fully saturated rings. The Kier molecular flexibility index (Phi) is 4.26. The van der Waals surface area contributed by atoms with Crippen molar-refractivity contribution in [2.75, 3.05) is 0 Å². The zero-order valence-corrected chi connectivity index (χ0v) is 21.8. The average molecular weight is 514 g/mol. The number of nitrogens with zero attached hydrogens (tertiary/aromatic N) is 1. The largest absolute Gasteiger partial charge is 0.456 e. The van der Waals surface area contributed by atoms with E-state index in [1.807, 2.05) is 18.2 Å². The molecule has 6 aromatic carbocycles. The minimum atomic E-state index is 0.901. The fourth-order valence-electron chi connectivity index (χ4n) is 6.61. The molecule has 0 saturated carbocycles. The van der Waals surface area contributed by atoms with E-state index in [1.54, 1.807) is 0 Å². The van der Waals surface area contributed by atoms with Gasteiger partial charge in [-0.15, -0.1) is 0 Å². The molecular weight excluding hydrogens is 490 g/mol. The van der Waals surface area contributed by atoms with E-state index >= 15 is 0 Å². The number of furan rings is 2. The summed E-state index contributed by atoms with van der Waals surface area (Å²) in [5, 5.41) is 7.00. The summed E-state index contributed by atoms with van der Waals surface area (Å²) in [6.07, 6.45) is 0.